The van der Waals surface area contributed by atoms with Gasteiger partial charge in [0.05, 0.1) is 12.3 Å². The Balaban J connectivity index is 0.00000400. The molecule has 0 heterocycles. The van der Waals surface area contributed by atoms with Gasteiger partial charge in [-0.25, -0.2) is 4.79 Å². The first-order valence-electron chi connectivity index (χ1n) is 7.01. The van der Waals surface area contributed by atoms with E-state index in [2.05, 4.69) is 10.2 Å². The van der Waals surface area contributed by atoms with Gasteiger partial charge < -0.3 is 19.9 Å². The van der Waals surface area contributed by atoms with E-state index in [1.165, 1.54) is 0 Å². The molecule has 6 heteroatoms. The lowest BCUT2D eigenvalue weighted by Crippen LogP contribution is -2.39. The minimum atomic E-state index is -0.0958. The van der Waals surface area contributed by atoms with E-state index < -0.39 is 0 Å². The van der Waals surface area contributed by atoms with Crippen molar-refractivity contribution in [3.05, 3.63) is 24.3 Å². The van der Waals surface area contributed by atoms with Crippen LogP contribution in [-0.4, -0.2) is 56.2 Å². The van der Waals surface area contributed by atoms with Gasteiger partial charge in [-0.05, 0) is 40.1 Å². The molecule has 1 aromatic rings. The summed E-state index contributed by atoms with van der Waals surface area (Å²) in [7, 11) is 3.99. The topological polar surface area (TPSA) is 44.8 Å². The van der Waals surface area contributed by atoms with Gasteiger partial charge in [-0.2, -0.15) is 0 Å². The summed E-state index contributed by atoms with van der Waals surface area (Å²) in [4.78, 5) is 16.1. The quantitative estimate of drug-likeness (QED) is 0.813. The smallest absolute Gasteiger partial charge is 0.321 e. The van der Waals surface area contributed by atoms with Crippen LogP contribution in [-0.2, 0) is 0 Å². The van der Waals surface area contributed by atoms with Crippen molar-refractivity contribution in [3.63, 3.8) is 0 Å². The van der Waals surface area contributed by atoms with Crippen LogP contribution in [0.3, 0.4) is 0 Å². The highest BCUT2D eigenvalue weighted by atomic mass is 79.9. The maximum Gasteiger partial charge on any atom is 0.321 e. The Hall–Kier alpha value is -1.27. The van der Waals surface area contributed by atoms with E-state index in [0.29, 0.717) is 31.1 Å². The summed E-state index contributed by atoms with van der Waals surface area (Å²) in [6, 6.07) is 7.39. The van der Waals surface area contributed by atoms with Crippen LogP contribution in [0.15, 0.2) is 24.3 Å². The molecule has 0 atom stereocenters. The maximum atomic E-state index is 12.3. The molecule has 0 aliphatic rings. The summed E-state index contributed by atoms with van der Waals surface area (Å²) in [6.45, 7) is 6.69. The summed E-state index contributed by atoms with van der Waals surface area (Å²) < 4.78 is 5.51. The molecule has 0 spiro atoms. The summed E-state index contributed by atoms with van der Waals surface area (Å²) in [5.74, 6) is 0.701. The fraction of sp³-hybridized carbons (Fsp3) is 0.533. The highest BCUT2D eigenvalue weighted by Crippen LogP contribution is 2.23. The molecule has 0 aliphatic carbocycles. The SMILES string of the molecule is Br.CCOc1ccccc1NC(=O)N(CC)CCN(C)C. The molecule has 120 valence electrons. The number of carbonyl (C=O) groups excluding carboxylic acids is 1. The van der Waals surface area contributed by atoms with Gasteiger partial charge in [0.25, 0.3) is 0 Å². The van der Waals surface area contributed by atoms with Crippen molar-refractivity contribution in [1.29, 1.82) is 0 Å². The molecule has 0 saturated carbocycles. The number of halogens is 1. The molecular weight excluding hydrogens is 334 g/mol. The first-order chi connectivity index (χ1) is 9.58. The minimum absolute atomic E-state index is 0. The van der Waals surface area contributed by atoms with Gasteiger partial charge >= 0.3 is 6.03 Å². The van der Waals surface area contributed by atoms with E-state index in [4.69, 9.17) is 4.74 Å². The van der Waals surface area contributed by atoms with Crippen molar-refractivity contribution in [1.82, 2.24) is 9.80 Å². The van der Waals surface area contributed by atoms with Crippen LogP contribution in [0.1, 0.15) is 13.8 Å². The number of anilines is 1. The number of hydrogen-bond acceptors (Lipinski definition) is 3. The molecule has 0 unspecified atom stereocenters. The van der Waals surface area contributed by atoms with E-state index in [1.54, 1.807) is 4.90 Å². The number of likely N-dealkylation sites (N-methyl/N-ethyl adjacent to an activating group) is 2. The van der Waals surface area contributed by atoms with Crippen molar-refractivity contribution in [2.75, 3.05) is 45.7 Å². The van der Waals surface area contributed by atoms with Crippen molar-refractivity contribution in [2.24, 2.45) is 0 Å². The highest BCUT2D eigenvalue weighted by molar-refractivity contribution is 8.93. The van der Waals surface area contributed by atoms with Gasteiger partial charge in [0.2, 0.25) is 0 Å². The van der Waals surface area contributed by atoms with Crippen LogP contribution < -0.4 is 10.1 Å². The average molecular weight is 360 g/mol. The third-order valence-corrected chi connectivity index (χ3v) is 2.91. The summed E-state index contributed by atoms with van der Waals surface area (Å²) in [6.07, 6.45) is 0. The van der Waals surface area contributed by atoms with Crippen LogP contribution >= 0.6 is 17.0 Å². The van der Waals surface area contributed by atoms with Crippen molar-refractivity contribution < 1.29 is 9.53 Å². The van der Waals surface area contributed by atoms with Gasteiger partial charge in [0.1, 0.15) is 5.75 Å². The Bertz CT molecular complexity index is 427. The molecule has 5 nitrogen and oxygen atoms in total. The van der Waals surface area contributed by atoms with Gasteiger partial charge in [-0.3, -0.25) is 0 Å². The Kier molecular flexibility index (Phi) is 9.82. The average Bonchev–Trinajstić information content (AvgIpc) is 2.41. The molecule has 0 aromatic heterocycles. The standard InChI is InChI=1S/C15H25N3O2.BrH/c1-5-18(12-11-17(3)4)15(19)16-13-9-7-8-10-14(13)20-6-2;/h7-10H,5-6,11-12H2,1-4H3,(H,16,19);1H. The molecule has 0 bridgehead atoms. The number of hydrogen-bond donors (Lipinski definition) is 1. The summed E-state index contributed by atoms with van der Waals surface area (Å²) >= 11 is 0. The molecule has 21 heavy (non-hydrogen) atoms. The normalized spacial score (nSPS) is 9.95. The Morgan fingerprint density at radius 2 is 1.86 bits per heavy atom. The number of para-hydroxylation sites is 2. The van der Waals surface area contributed by atoms with Gasteiger partial charge in [-0.1, -0.05) is 12.1 Å². The molecular formula is C15H26BrN3O2. The highest BCUT2D eigenvalue weighted by Gasteiger charge is 2.13. The number of amides is 2. The number of carbonyl (C=O) groups is 1. The number of ether oxygens (including phenoxy) is 1. The van der Waals surface area contributed by atoms with Crippen molar-refractivity contribution in [3.8, 4) is 5.75 Å². The third kappa shape index (κ3) is 6.82. The second kappa shape index (κ2) is 10.5. The fourth-order valence-corrected chi connectivity index (χ4v) is 1.77. The lowest BCUT2D eigenvalue weighted by Gasteiger charge is -2.23. The first kappa shape index (κ1) is 19.7. The van der Waals surface area contributed by atoms with Gasteiger partial charge in [0, 0.05) is 19.6 Å². The lowest BCUT2D eigenvalue weighted by molar-refractivity contribution is 0.208. The van der Waals surface area contributed by atoms with Crippen LogP contribution in [0.2, 0.25) is 0 Å². The van der Waals surface area contributed by atoms with Crippen molar-refractivity contribution in [2.45, 2.75) is 13.8 Å². The zero-order valence-electron chi connectivity index (χ0n) is 13.3. The third-order valence-electron chi connectivity index (χ3n) is 2.91. The van der Waals surface area contributed by atoms with Crippen LogP contribution in [0, 0.1) is 0 Å². The monoisotopic (exact) mass is 359 g/mol. The maximum absolute atomic E-state index is 12.3. The van der Waals surface area contributed by atoms with Gasteiger partial charge in [-0.15, -0.1) is 17.0 Å². The number of nitrogens with zero attached hydrogens (tertiary/aromatic N) is 2. The Morgan fingerprint density at radius 1 is 1.19 bits per heavy atom. The molecule has 1 aromatic carbocycles. The molecule has 0 saturated heterocycles. The Morgan fingerprint density at radius 3 is 2.43 bits per heavy atom. The van der Waals surface area contributed by atoms with Crippen LogP contribution in [0.25, 0.3) is 0 Å². The summed E-state index contributed by atoms with van der Waals surface area (Å²) in [5, 5.41) is 2.91. The van der Waals surface area contributed by atoms with E-state index in [-0.39, 0.29) is 23.0 Å². The van der Waals surface area contributed by atoms with E-state index in [1.807, 2.05) is 52.2 Å². The molecule has 1 N–H and O–H groups in total. The van der Waals surface area contributed by atoms with Crippen LogP contribution in [0.5, 0.6) is 5.75 Å². The van der Waals surface area contributed by atoms with E-state index in [9.17, 15) is 4.79 Å². The second-order valence-electron chi connectivity index (χ2n) is 4.74. The first-order valence-corrected chi connectivity index (χ1v) is 7.01. The fourth-order valence-electron chi connectivity index (χ4n) is 1.77. The van der Waals surface area contributed by atoms with Crippen LogP contribution in [0.4, 0.5) is 10.5 Å². The predicted molar refractivity (Wildman–Crippen MR) is 92.8 cm³/mol. The molecule has 0 fully saturated rings. The summed E-state index contributed by atoms with van der Waals surface area (Å²) in [5.41, 5.74) is 0.711. The number of benzene rings is 1. The molecule has 0 radical (unpaired) electrons. The van der Waals surface area contributed by atoms with E-state index >= 15 is 0 Å². The molecule has 1 rings (SSSR count). The number of urea groups is 1. The molecule has 0 aliphatic heterocycles. The Labute approximate surface area is 138 Å². The molecule has 2 amide bonds. The lowest BCUT2D eigenvalue weighted by atomic mass is 10.3. The minimum Gasteiger partial charge on any atom is -0.492 e. The van der Waals surface area contributed by atoms with Crippen molar-refractivity contribution >= 4 is 28.7 Å². The van der Waals surface area contributed by atoms with Gasteiger partial charge in [0.15, 0.2) is 0 Å². The van der Waals surface area contributed by atoms with E-state index in [0.717, 1.165) is 6.54 Å². The second-order valence-corrected chi connectivity index (χ2v) is 4.74. The zero-order valence-corrected chi connectivity index (χ0v) is 15.0. The largest absolute Gasteiger partial charge is 0.492 e. The number of nitrogens with one attached hydrogen (secondary N) is 1. The predicted octanol–water partition coefficient (Wildman–Crippen LogP) is 3.08. The number of rotatable bonds is 7. The zero-order chi connectivity index (χ0) is 15.0.